The number of azo groups is 1. The Kier molecular flexibility index (Phi) is 7.47. The van der Waals surface area contributed by atoms with Crippen LogP contribution >= 0.6 is 0 Å². The average molecular weight is 478 g/mol. The van der Waals surface area contributed by atoms with E-state index in [1.54, 1.807) is 72.8 Å². The Labute approximate surface area is 205 Å². The van der Waals surface area contributed by atoms with E-state index in [-0.39, 0.29) is 33.8 Å². The number of benzene rings is 4. The number of esters is 2. The molecule has 176 valence electrons. The third-order valence-corrected chi connectivity index (χ3v) is 4.98. The summed E-state index contributed by atoms with van der Waals surface area (Å²) in [6.45, 7) is 0. The van der Waals surface area contributed by atoms with Gasteiger partial charge in [-0.1, -0.05) is 24.3 Å². The van der Waals surface area contributed by atoms with Gasteiger partial charge in [-0.15, -0.1) is 0 Å². The molecule has 0 spiro atoms. The first-order chi connectivity index (χ1) is 17.6. The summed E-state index contributed by atoms with van der Waals surface area (Å²) in [4.78, 5) is 46.9. The molecule has 0 saturated carbocycles. The molecule has 0 N–H and O–H groups in total. The molecule has 0 aromatic heterocycles. The van der Waals surface area contributed by atoms with Crippen LogP contribution in [0.5, 0.6) is 11.5 Å². The zero-order valence-electron chi connectivity index (χ0n) is 18.7. The van der Waals surface area contributed by atoms with Crippen LogP contribution in [0.4, 0.5) is 11.4 Å². The number of hydrogen-bond donors (Lipinski definition) is 0. The van der Waals surface area contributed by atoms with Crippen molar-refractivity contribution in [3.05, 3.63) is 119 Å². The Morgan fingerprint density at radius 2 is 0.889 bits per heavy atom. The van der Waals surface area contributed by atoms with E-state index in [1.807, 2.05) is 0 Å². The molecule has 8 nitrogen and oxygen atoms in total. The van der Waals surface area contributed by atoms with Crippen LogP contribution < -0.4 is 9.47 Å². The zero-order valence-corrected chi connectivity index (χ0v) is 18.7. The molecule has 4 aromatic rings. The van der Waals surface area contributed by atoms with Gasteiger partial charge >= 0.3 is 11.9 Å². The number of rotatable bonds is 8. The second-order valence-electron chi connectivity index (χ2n) is 7.38. The normalized spacial score (nSPS) is 10.6. The Balaban J connectivity index is 1.38. The lowest BCUT2D eigenvalue weighted by Crippen LogP contribution is -2.09. The summed E-state index contributed by atoms with van der Waals surface area (Å²) >= 11 is 0. The van der Waals surface area contributed by atoms with Gasteiger partial charge in [0.25, 0.3) is 0 Å². The first-order valence-corrected chi connectivity index (χ1v) is 10.7. The van der Waals surface area contributed by atoms with Gasteiger partial charge in [-0.05, 0) is 72.8 Å². The van der Waals surface area contributed by atoms with Crippen molar-refractivity contribution in [2.75, 3.05) is 0 Å². The molecule has 0 fully saturated rings. The molecule has 0 unspecified atom stereocenters. The van der Waals surface area contributed by atoms with Gasteiger partial charge in [0, 0.05) is 0 Å². The van der Waals surface area contributed by atoms with Crippen LogP contribution in [0.1, 0.15) is 41.4 Å². The lowest BCUT2D eigenvalue weighted by molar-refractivity contribution is 0.0723. The Morgan fingerprint density at radius 3 is 1.25 bits per heavy atom. The van der Waals surface area contributed by atoms with Crippen LogP contribution in [0.2, 0.25) is 0 Å². The maximum absolute atomic E-state index is 12.4. The van der Waals surface area contributed by atoms with Crippen LogP contribution in [0, 0.1) is 0 Å². The third-order valence-electron chi connectivity index (χ3n) is 4.98. The standard InChI is InChI=1S/C28H18N2O6/c31-17-21-5-1-3-7-25(21)35-27(33)19-9-13-23(14-10-19)29-30-24-15-11-20(12-16-24)28(34)36-26-8-4-2-6-22(26)18-32/h1-18H. The van der Waals surface area contributed by atoms with Gasteiger partial charge in [0.2, 0.25) is 0 Å². The number of carbonyl (C=O) groups excluding carboxylic acids is 4. The van der Waals surface area contributed by atoms with E-state index in [0.29, 0.717) is 23.9 Å². The van der Waals surface area contributed by atoms with Crippen molar-refractivity contribution in [2.45, 2.75) is 0 Å². The fraction of sp³-hybridized carbons (Fsp3) is 0. The number of nitrogens with zero attached hydrogens (tertiary/aromatic N) is 2. The quantitative estimate of drug-likeness (QED) is 0.130. The lowest BCUT2D eigenvalue weighted by Gasteiger charge is -2.06. The highest BCUT2D eigenvalue weighted by Gasteiger charge is 2.12. The maximum atomic E-state index is 12.4. The van der Waals surface area contributed by atoms with Gasteiger partial charge in [0.05, 0.1) is 33.6 Å². The molecule has 0 amide bonds. The van der Waals surface area contributed by atoms with Gasteiger partial charge in [-0.2, -0.15) is 10.2 Å². The van der Waals surface area contributed by atoms with Crippen molar-refractivity contribution in [3.8, 4) is 11.5 Å². The second-order valence-corrected chi connectivity index (χ2v) is 7.38. The van der Waals surface area contributed by atoms with Gasteiger partial charge < -0.3 is 9.47 Å². The molecule has 0 atom stereocenters. The number of ether oxygens (including phenoxy) is 2. The minimum atomic E-state index is -0.606. The summed E-state index contributed by atoms with van der Waals surface area (Å²) < 4.78 is 10.6. The molecular formula is C28H18N2O6. The molecule has 4 rings (SSSR count). The van der Waals surface area contributed by atoms with E-state index in [2.05, 4.69) is 10.2 Å². The molecule has 0 aliphatic heterocycles. The Morgan fingerprint density at radius 1 is 0.528 bits per heavy atom. The third kappa shape index (κ3) is 5.81. The second kappa shape index (κ2) is 11.3. The number of aldehydes is 2. The smallest absolute Gasteiger partial charge is 0.343 e. The fourth-order valence-corrected chi connectivity index (χ4v) is 3.10. The average Bonchev–Trinajstić information content (AvgIpc) is 2.93. The monoisotopic (exact) mass is 478 g/mol. The van der Waals surface area contributed by atoms with E-state index in [4.69, 9.17) is 9.47 Å². The molecular weight excluding hydrogens is 460 g/mol. The van der Waals surface area contributed by atoms with Crippen molar-refractivity contribution >= 4 is 35.9 Å². The molecule has 0 saturated heterocycles. The molecule has 0 bridgehead atoms. The van der Waals surface area contributed by atoms with Crippen molar-refractivity contribution in [2.24, 2.45) is 10.2 Å². The van der Waals surface area contributed by atoms with Crippen LogP contribution in [-0.2, 0) is 0 Å². The van der Waals surface area contributed by atoms with Crippen LogP contribution in [0.15, 0.2) is 107 Å². The molecule has 8 heteroatoms. The molecule has 0 aliphatic carbocycles. The fourth-order valence-electron chi connectivity index (χ4n) is 3.10. The minimum absolute atomic E-state index is 0.182. The predicted octanol–water partition coefficient (Wildman–Crippen LogP) is 6.17. The first kappa shape index (κ1) is 23.9. The highest BCUT2D eigenvalue weighted by molar-refractivity contribution is 5.93. The minimum Gasteiger partial charge on any atom is -0.422 e. The molecule has 0 radical (unpaired) electrons. The highest BCUT2D eigenvalue weighted by atomic mass is 16.5. The van der Waals surface area contributed by atoms with Crippen LogP contribution in [0.25, 0.3) is 0 Å². The van der Waals surface area contributed by atoms with Crippen molar-refractivity contribution in [1.82, 2.24) is 0 Å². The Hall–Kier alpha value is -5.24. The molecule has 4 aromatic carbocycles. The number of hydrogen-bond acceptors (Lipinski definition) is 8. The van der Waals surface area contributed by atoms with Crippen molar-refractivity contribution in [1.29, 1.82) is 0 Å². The SMILES string of the molecule is O=Cc1ccccc1OC(=O)c1ccc(N=Nc2ccc(C(=O)Oc3ccccc3C=O)cc2)cc1. The van der Waals surface area contributed by atoms with Gasteiger partial charge in [-0.3, -0.25) is 9.59 Å². The number of carbonyl (C=O) groups is 4. The van der Waals surface area contributed by atoms with E-state index in [0.717, 1.165) is 0 Å². The van der Waals surface area contributed by atoms with E-state index >= 15 is 0 Å². The summed E-state index contributed by atoms with van der Waals surface area (Å²) in [7, 11) is 0. The van der Waals surface area contributed by atoms with Crippen molar-refractivity contribution in [3.63, 3.8) is 0 Å². The van der Waals surface area contributed by atoms with E-state index < -0.39 is 11.9 Å². The molecule has 0 heterocycles. The summed E-state index contributed by atoms with van der Waals surface area (Å²) in [5.74, 6) is -0.847. The summed E-state index contributed by atoms with van der Waals surface area (Å²) in [5.41, 5.74) is 2.12. The lowest BCUT2D eigenvalue weighted by atomic mass is 10.2. The summed E-state index contributed by atoms with van der Waals surface area (Å²) in [6.07, 6.45) is 1.24. The summed E-state index contributed by atoms with van der Waals surface area (Å²) in [5, 5.41) is 8.25. The maximum Gasteiger partial charge on any atom is 0.343 e. The Bertz CT molecular complexity index is 1330. The van der Waals surface area contributed by atoms with E-state index in [9.17, 15) is 19.2 Å². The van der Waals surface area contributed by atoms with Crippen LogP contribution in [-0.4, -0.2) is 24.5 Å². The highest BCUT2D eigenvalue weighted by Crippen LogP contribution is 2.22. The molecule has 36 heavy (non-hydrogen) atoms. The largest absolute Gasteiger partial charge is 0.422 e. The first-order valence-electron chi connectivity index (χ1n) is 10.7. The number of para-hydroxylation sites is 2. The molecule has 0 aliphatic rings. The predicted molar refractivity (Wildman–Crippen MR) is 131 cm³/mol. The topological polar surface area (TPSA) is 111 Å². The van der Waals surface area contributed by atoms with Gasteiger partial charge in [0.1, 0.15) is 11.5 Å². The van der Waals surface area contributed by atoms with Gasteiger partial charge in [0.15, 0.2) is 12.6 Å². The van der Waals surface area contributed by atoms with E-state index in [1.165, 1.54) is 24.3 Å². The summed E-state index contributed by atoms with van der Waals surface area (Å²) in [6, 6.07) is 25.4. The van der Waals surface area contributed by atoms with Crippen molar-refractivity contribution < 1.29 is 28.7 Å². The zero-order chi connectivity index (χ0) is 25.3. The van der Waals surface area contributed by atoms with Crippen LogP contribution in [0.3, 0.4) is 0 Å². The van der Waals surface area contributed by atoms with Gasteiger partial charge in [-0.25, -0.2) is 9.59 Å².